The van der Waals surface area contributed by atoms with Crippen LogP contribution in [0.5, 0.6) is 0 Å². The Morgan fingerprint density at radius 2 is 1.71 bits per heavy atom. The zero-order chi connectivity index (χ0) is 15.5. The summed E-state index contributed by atoms with van der Waals surface area (Å²) in [5, 5.41) is 0. The van der Waals surface area contributed by atoms with Gasteiger partial charge >= 0.3 is 5.84 Å². The van der Waals surface area contributed by atoms with Gasteiger partial charge in [0.2, 0.25) is 0 Å². The van der Waals surface area contributed by atoms with Crippen LogP contribution in [-0.4, -0.2) is 4.98 Å². The van der Waals surface area contributed by atoms with Crippen LogP contribution in [0.1, 0.15) is 0 Å². The van der Waals surface area contributed by atoms with Crippen LogP contribution < -0.4 is 23.0 Å². The van der Waals surface area contributed by atoms with Gasteiger partial charge in [-0.15, -0.1) is 10.2 Å². The standard InChI is InChI=1S/C12H8BrN2O.ClHO4/c13-10-4-2-9(3-5-10)11-8-15-7-1-6-14-12(15)16-11;2-1(3,4)5/h1-8H;(H,2,3,4,5)/q+1;/p-1. The molecule has 0 unspecified atom stereocenters. The van der Waals surface area contributed by atoms with Gasteiger partial charge in [-0.25, -0.2) is 18.6 Å². The Morgan fingerprint density at radius 3 is 2.29 bits per heavy atom. The largest absolute Gasteiger partial charge is 0.508 e. The van der Waals surface area contributed by atoms with E-state index in [1.54, 1.807) is 6.20 Å². The van der Waals surface area contributed by atoms with Crippen molar-refractivity contribution in [3.05, 3.63) is 53.4 Å². The van der Waals surface area contributed by atoms with E-state index in [0.717, 1.165) is 15.8 Å². The van der Waals surface area contributed by atoms with Crippen molar-refractivity contribution in [2.24, 2.45) is 0 Å². The summed E-state index contributed by atoms with van der Waals surface area (Å²) in [5.41, 5.74) is 1.04. The maximum absolute atomic E-state index is 8.49. The number of nitrogens with zero attached hydrogens (tertiary/aromatic N) is 2. The highest BCUT2D eigenvalue weighted by Crippen LogP contribution is 2.21. The maximum atomic E-state index is 8.49. The van der Waals surface area contributed by atoms with E-state index < -0.39 is 10.2 Å². The van der Waals surface area contributed by atoms with E-state index in [-0.39, 0.29) is 0 Å². The van der Waals surface area contributed by atoms with Crippen molar-refractivity contribution in [3.8, 4) is 11.3 Å². The van der Waals surface area contributed by atoms with Gasteiger partial charge in [0, 0.05) is 16.1 Å². The fourth-order valence-corrected chi connectivity index (χ4v) is 1.81. The van der Waals surface area contributed by atoms with Crippen LogP contribution in [-0.2, 0) is 0 Å². The molecule has 1 aromatic carbocycles. The van der Waals surface area contributed by atoms with Crippen LogP contribution >= 0.6 is 15.9 Å². The average molecular weight is 376 g/mol. The molecule has 21 heavy (non-hydrogen) atoms. The molecule has 0 saturated heterocycles. The summed E-state index contributed by atoms with van der Waals surface area (Å²) in [6, 6.07) is 9.85. The predicted molar refractivity (Wildman–Crippen MR) is 62.8 cm³/mol. The van der Waals surface area contributed by atoms with E-state index in [1.807, 2.05) is 47.1 Å². The summed E-state index contributed by atoms with van der Waals surface area (Å²) in [7, 11) is -4.94. The highest BCUT2D eigenvalue weighted by Gasteiger charge is 2.12. The number of halogens is 2. The van der Waals surface area contributed by atoms with Crippen molar-refractivity contribution in [1.29, 1.82) is 0 Å². The molecule has 0 radical (unpaired) electrons. The molecule has 0 N–H and O–H groups in total. The second kappa shape index (κ2) is 6.48. The van der Waals surface area contributed by atoms with E-state index in [4.69, 9.17) is 23.1 Å². The third kappa shape index (κ3) is 5.05. The number of benzene rings is 1. The van der Waals surface area contributed by atoms with Crippen LogP contribution in [0.25, 0.3) is 17.2 Å². The third-order valence-electron chi connectivity index (χ3n) is 2.32. The molecule has 0 fully saturated rings. The van der Waals surface area contributed by atoms with Crippen molar-refractivity contribution >= 4 is 21.8 Å². The van der Waals surface area contributed by atoms with E-state index in [2.05, 4.69) is 20.9 Å². The predicted octanol–water partition coefficient (Wildman–Crippen LogP) is -1.91. The molecular weight excluding hydrogens is 367 g/mol. The van der Waals surface area contributed by atoms with E-state index in [9.17, 15) is 0 Å². The number of hydrogen-bond donors (Lipinski definition) is 0. The number of hydrogen-bond acceptors (Lipinski definition) is 6. The van der Waals surface area contributed by atoms with Gasteiger partial charge in [-0.05, 0) is 29.2 Å². The van der Waals surface area contributed by atoms with Crippen LogP contribution in [0.2, 0.25) is 0 Å². The molecule has 9 heteroatoms. The zero-order valence-corrected chi connectivity index (χ0v) is 12.7. The number of rotatable bonds is 1. The van der Waals surface area contributed by atoms with Crippen molar-refractivity contribution in [3.63, 3.8) is 0 Å². The SMILES string of the molecule is Brc1ccc(-c2c[n+]3cccnc3o2)cc1.[O-][Cl+3]([O-])([O-])[O-]. The lowest BCUT2D eigenvalue weighted by Crippen LogP contribution is -2.68. The molecule has 0 aliphatic heterocycles. The lowest BCUT2D eigenvalue weighted by atomic mass is 10.2. The summed E-state index contributed by atoms with van der Waals surface area (Å²) in [6.45, 7) is 0. The second-order valence-corrected chi connectivity index (χ2v) is 5.46. The summed E-state index contributed by atoms with van der Waals surface area (Å²) >= 11 is 3.40. The van der Waals surface area contributed by atoms with E-state index in [0.29, 0.717) is 5.84 Å². The zero-order valence-electron chi connectivity index (χ0n) is 10.3. The molecule has 0 spiro atoms. The van der Waals surface area contributed by atoms with Crippen molar-refractivity contribution in [2.75, 3.05) is 0 Å². The summed E-state index contributed by atoms with van der Waals surface area (Å²) in [5.74, 6) is 1.41. The number of oxazole rings is 1. The third-order valence-corrected chi connectivity index (χ3v) is 2.85. The quantitative estimate of drug-likeness (QED) is 0.457. The molecular formula is C12H8BrClN2O5. The molecule has 0 aliphatic carbocycles. The van der Waals surface area contributed by atoms with Gasteiger partial charge < -0.3 is 4.42 Å². The van der Waals surface area contributed by atoms with Gasteiger partial charge in [-0.3, -0.25) is 0 Å². The van der Waals surface area contributed by atoms with Gasteiger partial charge in [-0.2, -0.15) is 4.40 Å². The fourth-order valence-electron chi connectivity index (χ4n) is 1.54. The number of fused-ring (bicyclic) bond motifs is 1. The van der Waals surface area contributed by atoms with Crippen LogP contribution in [0.3, 0.4) is 0 Å². The Morgan fingerprint density at radius 1 is 1.10 bits per heavy atom. The summed E-state index contributed by atoms with van der Waals surface area (Å²) in [4.78, 5) is 4.13. The van der Waals surface area contributed by atoms with Gasteiger partial charge in [-0.1, -0.05) is 15.9 Å². The molecule has 3 rings (SSSR count). The monoisotopic (exact) mass is 374 g/mol. The summed E-state index contributed by atoms with van der Waals surface area (Å²) in [6.07, 6.45) is 5.55. The van der Waals surface area contributed by atoms with Gasteiger partial charge in [0.1, 0.15) is 18.6 Å². The molecule has 0 saturated carbocycles. The molecule has 0 amide bonds. The first-order valence-corrected chi connectivity index (χ1v) is 7.49. The van der Waals surface area contributed by atoms with Crippen molar-refractivity contribution in [1.82, 2.24) is 4.98 Å². The number of aromatic nitrogens is 2. The molecule has 7 nitrogen and oxygen atoms in total. The first-order valence-electron chi connectivity index (χ1n) is 5.46. The smallest absolute Gasteiger partial charge is 0.384 e. The topological polar surface area (TPSA) is 122 Å². The van der Waals surface area contributed by atoms with Crippen molar-refractivity contribution in [2.45, 2.75) is 0 Å². The Balaban J connectivity index is 0.000000282. The maximum Gasteiger partial charge on any atom is 0.508 e. The molecule has 0 bridgehead atoms. The Kier molecular flexibility index (Phi) is 4.88. The van der Waals surface area contributed by atoms with Crippen LogP contribution in [0.4, 0.5) is 0 Å². The Hall–Kier alpha value is -1.55. The van der Waals surface area contributed by atoms with Crippen LogP contribution in [0, 0.1) is 10.2 Å². The van der Waals surface area contributed by atoms with E-state index >= 15 is 0 Å². The molecule has 2 heterocycles. The fraction of sp³-hybridized carbons (Fsp3) is 0. The van der Waals surface area contributed by atoms with E-state index in [1.165, 1.54) is 0 Å². The first kappa shape index (κ1) is 15.8. The van der Waals surface area contributed by atoms with Gasteiger partial charge in [0.15, 0.2) is 5.76 Å². The van der Waals surface area contributed by atoms with Crippen LogP contribution in [0.15, 0.2) is 57.8 Å². The minimum absolute atomic E-state index is 0.598. The normalized spacial score (nSPS) is 11.1. The van der Waals surface area contributed by atoms with Crippen molar-refractivity contribution < 1.29 is 37.7 Å². The Bertz CT molecular complexity index is 687. The minimum atomic E-state index is -4.94. The molecule has 0 atom stereocenters. The second-order valence-electron chi connectivity index (χ2n) is 3.79. The van der Waals surface area contributed by atoms with Gasteiger partial charge in [0.05, 0.1) is 0 Å². The molecule has 2 aromatic heterocycles. The minimum Gasteiger partial charge on any atom is -0.384 e. The molecule has 0 aliphatic rings. The average Bonchev–Trinajstić information content (AvgIpc) is 2.81. The highest BCUT2D eigenvalue weighted by atomic mass is 79.9. The summed E-state index contributed by atoms with van der Waals surface area (Å²) < 4.78 is 42.5. The molecule has 110 valence electrons. The lowest BCUT2D eigenvalue weighted by Gasteiger charge is -2.17. The Labute approximate surface area is 129 Å². The highest BCUT2D eigenvalue weighted by molar-refractivity contribution is 9.10. The van der Waals surface area contributed by atoms with Gasteiger partial charge in [0.25, 0.3) is 0 Å². The first-order chi connectivity index (χ1) is 9.83. The lowest BCUT2D eigenvalue weighted by molar-refractivity contribution is -2.00. The molecule has 3 aromatic rings.